The van der Waals surface area contributed by atoms with Gasteiger partial charge in [0.25, 0.3) is 5.91 Å². The second-order valence-electron chi connectivity index (χ2n) is 3.68. The number of nitrogens with one attached hydrogen (secondary N) is 2. The van der Waals surface area contributed by atoms with E-state index in [0.717, 1.165) is 0 Å². The first kappa shape index (κ1) is 19.1. The van der Waals surface area contributed by atoms with Crippen LogP contribution in [0, 0.1) is 0 Å². The number of nitrogens with two attached hydrogens (primary N) is 1. The molecule has 1 aromatic rings. The summed E-state index contributed by atoms with van der Waals surface area (Å²) >= 11 is 5.47. The van der Waals surface area contributed by atoms with Crippen LogP contribution in [-0.2, 0) is 14.1 Å². The molecule has 20 heavy (non-hydrogen) atoms. The van der Waals surface area contributed by atoms with Gasteiger partial charge in [-0.1, -0.05) is 30.3 Å². The van der Waals surface area contributed by atoms with Crippen LogP contribution in [-0.4, -0.2) is 38.3 Å². The van der Waals surface area contributed by atoms with Gasteiger partial charge >= 0.3 is 0 Å². The number of hydrazine groups is 1. The number of alkyl halides is 1. The van der Waals surface area contributed by atoms with Crippen molar-refractivity contribution in [1.29, 1.82) is 0 Å². The van der Waals surface area contributed by atoms with E-state index in [1.807, 2.05) is 19.5 Å². The average molecular weight is 322 g/mol. The van der Waals surface area contributed by atoms with Gasteiger partial charge in [0.2, 0.25) is 0 Å². The SMILES string of the molecule is CNC.NNC(=O)C(OCCCl)[PH](=O)c1ccccc1. The van der Waals surface area contributed by atoms with Crippen molar-refractivity contribution in [2.45, 2.75) is 5.85 Å². The minimum absolute atomic E-state index is 0.142. The zero-order valence-electron chi connectivity index (χ0n) is 11.6. The molecule has 2 unspecified atom stereocenters. The lowest BCUT2D eigenvalue weighted by atomic mass is 10.4. The van der Waals surface area contributed by atoms with Crippen LogP contribution in [0.5, 0.6) is 0 Å². The summed E-state index contributed by atoms with van der Waals surface area (Å²) in [5, 5.41) is 3.32. The Kier molecular flexibility index (Phi) is 11.3. The average Bonchev–Trinajstić information content (AvgIpc) is 2.48. The monoisotopic (exact) mass is 321 g/mol. The van der Waals surface area contributed by atoms with E-state index in [-0.39, 0.29) is 12.5 Å². The smallest absolute Gasteiger partial charge is 0.270 e. The molecule has 8 heteroatoms. The molecular formula is C12H21ClN3O3P. The lowest BCUT2D eigenvalue weighted by Gasteiger charge is -2.15. The van der Waals surface area contributed by atoms with E-state index >= 15 is 0 Å². The number of hydrogen-bond acceptors (Lipinski definition) is 5. The first-order chi connectivity index (χ1) is 9.62. The molecule has 1 amide bonds. The number of amides is 1. The molecule has 0 fully saturated rings. The third kappa shape index (κ3) is 7.03. The van der Waals surface area contributed by atoms with Gasteiger partial charge in [-0.15, -0.1) is 11.6 Å². The molecule has 1 aromatic carbocycles. The number of rotatable bonds is 6. The maximum atomic E-state index is 12.2. The van der Waals surface area contributed by atoms with Gasteiger partial charge in [0.05, 0.1) is 6.61 Å². The quantitative estimate of drug-likeness (QED) is 0.230. The largest absolute Gasteiger partial charge is 0.359 e. The second-order valence-corrected chi connectivity index (χ2v) is 5.89. The fourth-order valence-corrected chi connectivity index (χ4v) is 2.77. The Morgan fingerprint density at radius 3 is 2.40 bits per heavy atom. The summed E-state index contributed by atoms with van der Waals surface area (Å²) < 4.78 is 17.3. The number of benzene rings is 1. The molecule has 6 nitrogen and oxygen atoms in total. The van der Waals surface area contributed by atoms with Crippen LogP contribution in [0.2, 0.25) is 0 Å². The van der Waals surface area contributed by atoms with Gasteiger partial charge in [-0.25, -0.2) is 5.84 Å². The molecule has 0 heterocycles. The standard InChI is InChI=1S/C10H14ClN2O3P.C2H7N/c11-6-7-16-10(9(14)13-12)17(15)8-4-2-1-3-5-8;1-3-2/h1-5,10,17H,6-7,12H2,(H,13,14);3H,1-2H3. The Balaban J connectivity index is 0.00000110. The number of halogens is 1. The van der Waals surface area contributed by atoms with Gasteiger partial charge in [0, 0.05) is 11.2 Å². The molecule has 4 N–H and O–H groups in total. The van der Waals surface area contributed by atoms with Crippen molar-refractivity contribution in [3.05, 3.63) is 30.3 Å². The summed E-state index contributed by atoms with van der Waals surface area (Å²) in [6.07, 6.45) is 0. The molecule has 0 aliphatic heterocycles. The molecule has 2 atom stereocenters. The second kappa shape index (κ2) is 11.9. The first-order valence-electron chi connectivity index (χ1n) is 5.98. The number of ether oxygens (including phenoxy) is 1. The summed E-state index contributed by atoms with van der Waals surface area (Å²) in [6, 6.07) is 8.66. The minimum atomic E-state index is -2.41. The molecule has 0 aromatic heterocycles. The van der Waals surface area contributed by atoms with Crippen LogP contribution in [0.1, 0.15) is 0 Å². The van der Waals surface area contributed by atoms with Gasteiger partial charge in [-0.2, -0.15) is 0 Å². The van der Waals surface area contributed by atoms with Crippen LogP contribution in [0.4, 0.5) is 0 Å². The van der Waals surface area contributed by atoms with E-state index in [0.29, 0.717) is 5.30 Å². The molecule has 0 spiro atoms. The highest BCUT2D eigenvalue weighted by atomic mass is 35.5. The summed E-state index contributed by atoms with van der Waals surface area (Å²) in [7, 11) is 1.34. The van der Waals surface area contributed by atoms with Gasteiger partial charge in [-0.05, 0) is 14.1 Å². The highest BCUT2D eigenvalue weighted by molar-refractivity contribution is 7.55. The van der Waals surface area contributed by atoms with Crippen molar-refractivity contribution in [2.75, 3.05) is 26.6 Å². The molecule has 114 valence electrons. The Labute approximate surface area is 124 Å². The van der Waals surface area contributed by atoms with Crippen molar-refractivity contribution >= 4 is 30.6 Å². The van der Waals surface area contributed by atoms with E-state index in [2.05, 4.69) is 5.32 Å². The Bertz CT molecular complexity index is 406. The third-order valence-corrected chi connectivity index (χ3v) is 4.00. The van der Waals surface area contributed by atoms with Gasteiger partial charge < -0.3 is 14.6 Å². The molecule has 0 radical (unpaired) electrons. The lowest BCUT2D eigenvalue weighted by molar-refractivity contribution is -0.127. The number of carbonyl (C=O) groups excluding carboxylic acids is 1. The predicted molar refractivity (Wildman–Crippen MR) is 82.9 cm³/mol. The Morgan fingerprint density at radius 2 is 1.95 bits per heavy atom. The molecule has 0 saturated carbocycles. The zero-order chi connectivity index (χ0) is 15.4. The van der Waals surface area contributed by atoms with Gasteiger partial charge in [0.1, 0.15) is 7.80 Å². The minimum Gasteiger partial charge on any atom is -0.359 e. The number of carbonyl (C=O) groups is 1. The predicted octanol–water partition coefficient (Wildman–Crippen LogP) is 0.279. The topological polar surface area (TPSA) is 93.5 Å². The number of hydrogen-bond donors (Lipinski definition) is 3. The van der Waals surface area contributed by atoms with Gasteiger partial charge in [0.15, 0.2) is 5.85 Å². The molecule has 1 rings (SSSR count). The van der Waals surface area contributed by atoms with Crippen molar-refractivity contribution in [1.82, 2.24) is 10.7 Å². The molecular weight excluding hydrogens is 301 g/mol. The highest BCUT2D eigenvalue weighted by Crippen LogP contribution is 2.28. The van der Waals surface area contributed by atoms with Crippen LogP contribution >= 0.6 is 19.4 Å². The summed E-state index contributed by atoms with van der Waals surface area (Å²) in [4.78, 5) is 11.5. The molecule has 0 aliphatic rings. The fourth-order valence-electron chi connectivity index (χ4n) is 1.26. The maximum Gasteiger partial charge on any atom is 0.270 e. The summed E-state index contributed by atoms with van der Waals surface area (Å²) in [5.74, 6) is 3.56. The molecule has 0 saturated heterocycles. The van der Waals surface area contributed by atoms with Crippen LogP contribution in [0.15, 0.2) is 30.3 Å². The first-order valence-corrected chi connectivity index (χ1v) is 8.00. The summed E-state index contributed by atoms with van der Waals surface area (Å²) in [6.45, 7) is 0.142. The van der Waals surface area contributed by atoms with Crippen molar-refractivity contribution in [2.24, 2.45) is 5.84 Å². The normalized spacial score (nSPS) is 12.8. The highest BCUT2D eigenvalue weighted by Gasteiger charge is 2.25. The summed E-state index contributed by atoms with van der Waals surface area (Å²) in [5.41, 5.74) is 1.94. The van der Waals surface area contributed by atoms with E-state index in [1.165, 1.54) is 0 Å². The fraction of sp³-hybridized carbons (Fsp3) is 0.417. The Hall–Kier alpha value is -0.910. The lowest BCUT2D eigenvalue weighted by Crippen LogP contribution is -2.40. The maximum absolute atomic E-state index is 12.2. The van der Waals surface area contributed by atoms with Crippen LogP contribution in [0.25, 0.3) is 0 Å². The van der Waals surface area contributed by atoms with E-state index in [1.54, 1.807) is 30.3 Å². The molecule has 0 aliphatic carbocycles. The van der Waals surface area contributed by atoms with Crippen molar-refractivity contribution in [3.63, 3.8) is 0 Å². The van der Waals surface area contributed by atoms with E-state index in [4.69, 9.17) is 22.2 Å². The Morgan fingerprint density at radius 1 is 1.40 bits per heavy atom. The van der Waals surface area contributed by atoms with Crippen molar-refractivity contribution < 1.29 is 14.1 Å². The van der Waals surface area contributed by atoms with Crippen LogP contribution < -0.4 is 21.9 Å². The van der Waals surface area contributed by atoms with Crippen LogP contribution in [0.3, 0.4) is 0 Å². The van der Waals surface area contributed by atoms with Gasteiger partial charge in [-0.3, -0.25) is 10.2 Å². The van der Waals surface area contributed by atoms with Crippen molar-refractivity contribution in [3.8, 4) is 0 Å². The molecule has 0 bridgehead atoms. The zero-order valence-corrected chi connectivity index (χ0v) is 13.3. The van der Waals surface area contributed by atoms with E-state index in [9.17, 15) is 9.36 Å². The third-order valence-electron chi connectivity index (χ3n) is 2.04. The van der Waals surface area contributed by atoms with E-state index < -0.39 is 19.6 Å².